The van der Waals surface area contributed by atoms with E-state index in [9.17, 15) is 19.2 Å². The predicted octanol–water partition coefficient (Wildman–Crippen LogP) is 4.27. The number of anilines is 2. The molecule has 0 saturated carbocycles. The lowest BCUT2D eigenvalue weighted by molar-refractivity contribution is -0.115. The van der Waals surface area contributed by atoms with Gasteiger partial charge in [0, 0.05) is 28.4 Å². The van der Waals surface area contributed by atoms with E-state index in [-0.39, 0.29) is 35.6 Å². The van der Waals surface area contributed by atoms with Gasteiger partial charge < -0.3 is 15.4 Å². The molecular weight excluding hydrogens is 478 g/mol. The average molecular weight is 504 g/mol. The second-order valence-electron chi connectivity index (χ2n) is 8.90. The molecule has 8 nitrogen and oxygen atoms in total. The molecule has 2 aromatic carbocycles. The average Bonchev–Trinajstić information content (AvgIpc) is 3.61. The molecule has 3 aromatic rings. The topological polar surface area (TPSA) is 105 Å². The number of rotatable bonds is 7. The number of imide groups is 1. The van der Waals surface area contributed by atoms with Crippen LogP contribution >= 0.6 is 11.3 Å². The largest absolute Gasteiger partial charge is 0.376 e. The van der Waals surface area contributed by atoms with Gasteiger partial charge in [-0.3, -0.25) is 24.1 Å². The normalized spacial score (nSPS) is 16.8. The smallest absolute Gasteiger partial charge is 0.261 e. The molecule has 1 unspecified atom stereocenters. The molecule has 0 bridgehead atoms. The van der Waals surface area contributed by atoms with Crippen LogP contribution in [0.1, 0.15) is 54.4 Å². The van der Waals surface area contributed by atoms with Gasteiger partial charge >= 0.3 is 0 Å². The number of benzene rings is 2. The van der Waals surface area contributed by atoms with Gasteiger partial charge in [0.15, 0.2) is 0 Å². The first-order valence-electron chi connectivity index (χ1n) is 11.7. The van der Waals surface area contributed by atoms with Crippen LogP contribution in [0.3, 0.4) is 0 Å². The summed E-state index contributed by atoms with van der Waals surface area (Å²) >= 11 is 1.53. The highest BCUT2D eigenvalue weighted by atomic mass is 32.1. The zero-order valence-corrected chi connectivity index (χ0v) is 20.5. The summed E-state index contributed by atoms with van der Waals surface area (Å²) in [4.78, 5) is 53.0. The SMILES string of the molecule is Cc1cc(NC(=O)c2ccc3c(c2)C(=O)N(CC2CCCO2)C3=O)ccc1NC(=O)Cc1cccs1. The molecule has 3 heterocycles. The monoisotopic (exact) mass is 503 g/mol. The van der Waals surface area contributed by atoms with Gasteiger partial charge in [0.2, 0.25) is 5.91 Å². The summed E-state index contributed by atoms with van der Waals surface area (Å²) in [7, 11) is 0. The van der Waals surface area contributed by atoms with E-state index in [2.05, 4.69) is 10.6 Å². The predicted molar refractivity (Wildman–Crippen MR) is 137 cm³/mol. The lowest BCUT2D eigenvalue weighted by Crippen LogP contribution is -2.36. The van der Waals surface area contributed by atoms with E-state index in [0.717, 1.165) is 23.3 Å². The van der Waals surface area contributed by atoms with E-state index in [4.69, 9.17) is 4.74 Å². The molecule has 1 fully saturated rings. The number of nitrogens with one attached hydrogen (secondary N) is 2. The van der Waals surface area contributed by atoms with Gasteiger partial charge in [-0.15, -0.1) is 11.3 Å². The molecule has 2 N–H and O–H groups in total. The Kier molecular flexibility index (Phi) is 6.67. The third kappa shape index (κ3) is 4.93. The maximum Gasteiger partial charge on any atom is 0.261 e. The van der Waals surface area contributed by atoms with Crippen molar-refractivity contribution in [2.45, 2.75) is 32.3 Å². The van der Waals surface area contributed by atoms with Crippen molar-refractivity contribution in [1.29, 1.82) is 0 Å². The molecule has 0 aliphatic carbocycles. The van der Waals surface area contributed by atoms with Crippen molar-refractivity contribution in [3.8, 4) is 0 Å². The molecule has 36 heavy (non-hydrogen) atoms. The second-order valence-corrected chi connectivity index (χ2v) is 9.94. The molecule has 9 heteroatoms. The molecule has 0 spiro atoms. The fourth-order valence-corrected chi connectivity index (χ4v) is 5.14. The van der Waals surface area contributed by atoms with Gasteiger partial charge in [-0.25, -0.2) is 0 Å². The Bertz CT molecular complexity index is 1350. The number of carbonyl (C=O) groups is 4. The Hall–Kier alpha value is -3.82. The summed E-state index contributed by atoms with van der Waals surface area (Å²) in [5.74, 6) is -1.27. The van der Waals surface area contributed by atoms with Crippen molar-refractivity contribution in [2.24, 2.45) is 0 Å². The zero-order valence-electron chi connectivity index (χ0n) is 19.7. The first-order chi connectivity index (χ1) is 17.4. The number of fused-ring (bicyclic) bond motifs is 1. The van der Waals surface area contributed by atoms with Gasteiger partial charge in [-0.2, -0.15) is 0 Å². The van der Waals surface area contributed by atoms with Crippen LogP contribution in [-0.2, 0) is 16.0 Å². The Morgan fingerprint density at radius 3 is 2.61 bits per heavy atom. The van der Waals surface area contributed by atoms with Crippen LogP contribution in [0.15, 0.2) is 53.9 Å². The van der Waals surface area contributed by atoms with Crippen molar-refractivity contribution in [3.63, 3.8) is 0 Å². The van der Waals surface area contributed by atoms with Crippen LogP contribution in [0.25, 0.3) is 0 Å². The lowest BCUT2D eigenvalue weighted by Gasteiger charge is -2.17. The van der Waals surface area contributed by atoms with E-state index in [1.54, 1.807) is 24.3 Å². The molecule has 1 atom stereocenters. The molecule has 5 rings (SSSR count). The zero-order chi connectivity index (χ0) is 25.2. The van der Waals surface area contributed by atoms with Gasteiger partial charge in [0.25, 0.3) is 17.7 Å². The molecule has 2 aliphatic rings. The molecule has 1 saturated heterocycles. The number of ether oxygens (including phenoxy) is 1. The van der Waals surface area contributed by atoms with Crippen LogP contribution in [0, 0.1) is 6.92 Å². The Morgan fingerprint density at radius 2 is 1.89 bits per heavy atom. The number of hydrogen-bond acceptors (Lipinski definition) is 6. The van der Waals surface area contributed by atoms with Crippen LogP contribution in [0.5, 0.6) is 0 Å². The maximum absolute atomic E-state index is 12.9. The van der Waals surface area contributed by atoms with Crippen LogP contribution in [0.2, 0.25) is 0 Å². The van der Waals surface area contributed by atoms with Crippen LogP contribution in [-0.4, -0.2) is 47.8 Å². The minimum atomic E-state index is -0.404. The van der Waals surface area contributed by atoms with Crippen LogP contribution in [0.4, 0.5) is 11.4 Å². The van der Waals surface area contributed by atoms with E-state index >= 15 is 0 Å². The highest BCUT2D eigenvalue weighted by Gasteiger charge is 2.38. The second kappa shape index (κ2) is 10.0. The minimum absolute atomic E-state index is 0.108. The summed E-state index contributed by atoms with van der Waals surface area (Å²) < 4.78 is 5.57. The van der Waals surface area contributed by atoms with Crippen molar-refractivity contribution in [1.82, 2.24) is 4.90 Å². The Morgan fingerprint density at radius 1 is 1.06 bits per heavy atom. The molecule has 4 amide bonds. The number of hydrogen-bond donors (Lipinski definition) is 2. The molecular formula is C27H25N3O5S. The van der Waals surface area contributed by atoms with E-state index in [1.165, 1.54) is 28.4 Å². The molecule has 2 aliphatic heterocycles. The maximum atomic E-state index is 12.9. The van der Waals surface area contributed by atoms with E-state index in [0.29, 0.717) is 30.0 Å². The quantitative estimate of drug-likeness (QED) is 0.469. The summed E-state index contributed by atoms with van der Waals surface area (Å²) in [5.41, 5.74) is 2.82. The molecule has 1 aromatic heterocycles. The van der Waals surface area contributed by atoms with Crippen molar-refractivity contribution in [2.75, 3.05) is 23.8 Å². The lowest BCUT2D eigenvalue weighted by atomic mass is 10.1. The number of aryl methyl sites for hydroxylation is 1. The summed E-state index contributed by atoms with van der Waals surface area (Å²) in [6.07, 6.45) is 1.90. The van der Waals surface area contributed by atoms with E-state index < -0.39 is 11.8 Å². The number of amides is 4. The first-order valence-corrected chi connectivity index (χ1v) is 12.6. The van der Waals surface area contributed by atoms with Crippen molar-refractivity contribution < 1.29 is 23.9 Å². The van der Waals surface area contributed by atoms with Gasteiger partial charge in [-0.05, 0) is 73.2 Å². The number of thiophene rings is 1. The molecule has 0 radical (unpaired) electrons. The third-order valence-corrected chi connectivity index (χ3v) is 7.19. The summed E-state index contributed by atoms with van der Waals surface area (Å²) in [5, 5.41) is 7.66. The summed E-state index contributed by atoms with van der Waals surface area (Å²) in [6.45, 7) is 2.71. The van der Waals surface area contributed by atoms with E-state index in [1.807, 2.05) is 24.4 Å². The summed E-state index contributed by atoms with van der Waals surface area (Å²) in [6, 6.07) is 13.6. The standard InChI is InChI=1S/C27H25N3O5S/c1-16-12-18(7-9-23(16)29-24(31)14-20-5-3-11-36-20)28-25(32)17-6-8-21-22(13-17)27(34)30(26(21)33)15-19-4-2-10-35-19/h3,5-9,11-13,19H,2,4,10,14-15H2,1H3,(H,28,32)(H,29,31). The van der Waals surface area contributed by atoms with Gasteiger partial charge in [-0.1, -0.05) is 6.07 Å². The third-order valence-electron chi connectivity index (χ3n) is 6.32. The van der Waals surface area contributed by atoms with Gasteiger partial charge in [0.1, 0.15) is 0 Å². The Labute approximate surface area is 212 Å². The highest BCUT2D eigenvalue weighted by Crippen LogP contribution is 2.27. The van der Waals surface area contributed by atoms with Crippen molar-refractivity contribution in [3.05, 3.63) is 81.0 Å². The Balaban J connectivity index is 1.24. The highest BCUT2D eigenvalue weighted by molar-refractivity contribution is 7.10. The minimum Gasteiger partial charge on any atom is -0.376 e. The fourth-order valence-electron chi connectivity index (χ4n) is 4.44. The van der Waals surface area contributed by atoms with Crippen LogP contribution < -0.4 is 10.6 Å². The van der Waals surface area contributed by atoms with Gasteiger partial charge in [0.05, 0.1) is 30.2 Å². The number of nitrogens with zero attached hydrogens (tertiary/aromatic N) is 1. The number of carbonyl (C=O) groups excluding carboxylic acids is 4. The molecule has 184 valence electrons. The first kappa shape index (κ1) is 23.9. The fraction of sp³-hybridized carbons (Fsp3) is 0.259. The van der Waals surface area contributed by atoms with Crippen molar-refractivity contribution >= 4 is 46.3 Å².